The van der Waals surface area contributed by atoms with Crippen molar-refractivity contribution in [3.05, 3.63) is 65.0 Å². The molecule has 3 rings (SSSR count). The molecule has 0 spiro atoms. The number of carboxylic acids is 1. The van der Waals surface area contributed by atoms with Crippen LogP contribution in [0.2, 0.25) is 0 Å². The third-order valence-corrected chi connectivity index (χ3v) is 4.31. The summed E-state index contributed by atoms with van der Waals surface area (Å²) in [5, 5.41) is 12.7. The molecule has 0 aliphatic heterocycles. The Bertz CT molecular complexity index is 839. The average Bonchev–Trinajstić information content (AvgIpc) is 2.91. The maximum absolute atomic E-state index is 12.0. The number of carbonyl (C=O) groups excluding carboxylic acids is 1. The second kappa shape index (κ2) is 5.99. The summed E-state index contributed by atoms with van der Waals surface area (Å²) >= 11 is 1.20. The molecule has 2 aromatic carbocycles. The fraction of sp³-hybridized carbons (Fsp3) is 0.0588. The van der Waals surface area contributed by atoms with E-state index in [1.165, 1.54) is 11.3 Å². The van der Waals surface area contributed by atoms with Crippen LogP contribution in [0.25, 0.3) is 10.1 Å². The number of hydrogen-bond acceptors (Lipinski definition) is 3. The van der Waals surface area contributed by atoms with E-state index in [9.17, 15) is 9.59 Å². The molecule has 1 aromatic heterocycles. The van der Waals surface area contributed by atoms with Crippen molar-refractivity contribution < 1.29 is 14.7 Å². The predicted molar refractivity (Wildman–Crippen MR) is 87.6 cm³/mol. The highest BCUT2D eigenvalue weighted by atomic mass is 32.1. The summed E-state index contributed by atoms with van der Waals surface area (Å²) < 4.78 is 0.843. The van der Waals surface area contributed by atoms with Crippen LogP contribution in [-0.2, 0) is 11.2 Å². The van der Waals surface area contributed by atoms with Gasteiger partial charge in [0.2, 0.25) is 5.91 Å². The molecule has 0 unspecified atom stereocenters. The van der Waals surface area contributed by atoms with Crippen LogP contribution in [0.3, 0.4) is 0 Å². The molecule has 5 heteroatoms. The van der Waals surface area contributed by atoms with Gasteiger partial charge < -0.3 is 10.4 Å². The molecule has 0 atom stereocenters. The minimum atomic E-state index is -0.934. The first-order valence-electron chi connectivity index (χ1n) is 6.72. The summed E-state index contributed by atoms with van der Waals surface area (Å²) in [4.78, 5) is 23.3. The average molecular weight is 311 g/mol. The quantitative estimate of drug-likeness (QED) is 0.770. The molecular weight excluding hydrogens is 298 g/mol. The summed E-state index contributed by atoms with van der Waals surface area (Å²) in [5.74, 6) is -1.03. The van der Waals surface area contributed by atoms with E-state index in [2.05, 4.69) is 5.32 Å². The van der Waals surface area contributed by atoms with Crippen molar-refractivity contribution in [2.45, 2.75) is 6.42 Å². The second-order valence-corrected chi connectivity index (χ2v) is 5.96. The largest absolute Gasteiger partial charge is 0.477 e. The zero-order chi connectivity index (χ0) is 15.5. The topological polar surface area (TPSA) is 66.4 Å². The molecule has 3 aromatic rings. The highest BCUT2D eigenvalue weighted by Crippen LogP contribution is 2.28. The number of anilines is 1. The minimum absolute atomic E-state index is 0.0967. The standard InChI is InChI=1S/C17H13NO3S/c19-16(8-11-4-2-1-3-5-11)18-13-7-6-12-9-15(17(20)21)22-14(12)10-13/h1-7,9-10H,8H2,(H,18,19)(H,20,21). The monoisotopic (exact) mass is 311 g/mol. The van der Waals surface area contributed by atoms with Gasteiger partial charge in [-0.25, -0.2) is 4.79 Å². The van der Waals surface area contributed by atoms with Gasteiger partial charge in [0.25, 0.3) is 0 Å². The van der Waals surface area contributed by atoms with E-state index in [0.717, 1.165) is 15.6 Å². The Balaban J connectivity index is 1.76. The fourth-order valence-electron chi connectivity index (χ4n) is 2.20. The SMILES string of the molecule is O=C(Cc1ccccc1)Nc1ccc2cc(C(=O)O)sc2c1. The summed E-state index contributed by atoms with van der Waals surface area (Å²) in [6.45, 7) is 0. The van der Waals surface area contributed by atoms with Gasteiger partial charge in [0.1, 0.15) is 4.88 Å². The summed E-state index contributed by atoms with van der Waals surface area (Å²) in [6, 6.07) is 16.5. The lowest BCUT2D eigenvalue weighted by Gasteiger charge is -2.05. The molecule has 0 radical (unpaired) electrons. The number of benzene rings is 2. The molecule has 1 heterocycles. The van der Waals surface area contributed by atoms with Crippen molar-refractivity contribution in [3.8, 4) is 0 Å². The Kier molecular flexibility index (Phi) is 3.89. The van der Waals surface area contributed by atoms with Crippen LogP contribution in [0.15, 0.2) is 54.6 Å². The smallest absolute Gasteiger partial charge is 0.345 e. The van der Waals surface area contributed by atoms with Gasteiger partial charge in [-0.2, -0.15) is 0 Å². The number of carboxylic acid groups (broad SMARTS) is 1. The zero-order valence-electron chi connectivity index (χ0n) is 11.6. The number of hydrogen-bond donors (Lipinski definition) is 2. The fourth-order valence-corrected chi connectivity index (χ4v) is 3.14. The highest BCUT2D eigenvalue weighted by Gasteiger charge is 2.10. The van der Waals surface area contributed by atoms with Gasteiger partial charge in [0.15, 0.2) is 0 Å². The molecule has 1 amide bonds. The molecule has 2 N–H and O–H groups in total. The van der Waals surface area contributed by atoms with Crippen LogP contribution in [-0.4, -0.2) is 17.0 Å². The molecule has 0 bridgehead atoms. The first-order valence-corrected chi connectivity index (χ1v) is 7.54. The maximum Gasteiger partial charge on any atom is 0.345 e. The number of aromatic carboxylic acids is 1. The third-order valence-electron chi connectivity index (χ3n) is 3.22. The molecule has 110 valence electrons. The van der Waals surface area contributed by atoms with Crippen LogP contribution in [0.1, 0.15) is 15.2 Å². The Labute approximate surface area is 131 Å². The van der Waals surface area contributed by atoms with Gasteiger partial charge in [-0.3, -0.25) is 4.79 Å². The number of amides is 1. The normalized spacial score (nSPS) is 10.5. The molecule has 0 saturated carbocycles. The van der Waals surface area contributed by atoms with E-state index < -0.39 is 5.97 Å². The van der Waals surface area contributed by atoms with Gasteiger partial charge in [0, 0.05) is 10.4 Å². The van der Waals surface area contributed by atoms with E-state index >= 15 is 0 Å². The van der Waals surface area contributed by atoms with Crippen molar-refractivity contribution in [1.82, 2.24) is 0 Å². The predicted octanol–water partition coefficient (Wildman–Crippen LogP) is 3.78. The summed E-state index contributed by atoms with van der Waals surface area (Å²) in [7, 11) is 0. The highest BCUT2D eigenvalue weighted by molar-refractivity contribution is 7.20. The second-order valence-electron chi connectivity index (χ2n) is 4.88. The lowest BCUT2D eigenvalue weighted by atomic mass is 10.1. The van der Waals surface area contributed by atoms with Crippen molar-refractivity contribution in [3.63, 3.8) is 0 Å². The van der Waals surface area contributed by atoms with Crippen LogP contribution in [0.5, 0.6) is 0 Å². The Morgan fingerprint density at radius 1 is 1.05 bits per heavy atom. The number of carbonyl (C=O) groups is 2. The number of nitrogens with one attached hydrogen (secondary N) is 1. The van der Waals surface area contributed by atoms with E-state index in [1.807, 2.05) is 36.4 Å². The van der Waals surface area contributed by atoms with Gasteiger partial charge >= 0.3 is 5.97 Å². The third kappa shape index (κ3) is 3.15. The van der Waals surface area contributed by atoms with Crippen LogP contribution in [0, 0.1) is 0 Å². The van der Waals surface area contributed by atoms with Crippen molar-refractivity contribution in [2.24, 2.45) is 0 Å². The first-order chi connectivity index (χ1) is 10.6. The van der Waals surface area contributed by atoms with Crippen LogP contribution >= 0.6 is 11.3 Å². The number of fused-ring (bicyclic) bond motifs is 1. The molecule has 0 aliphatic rings. The molecule has 4 nitrogen and oxygen atoms in total. The van der Waals surface area contributed by atoms with Gasteiger partial charge in [-0.05, 0) is 29.1 Å². The summed E-state index contributed by atoms with van der Waals surface area (Å²) in [6.07, 6.45) is 0.309. The number of rotatable bonds is 4. The zero-order valence-corrected chi connectivity index (χ0v) is 12.4. The number of thiophene rings is 1. The van der Waals surface area contributed by atoms with Crippen LogP contribution < -0.4 is 5.32 Å². The van der Waals surface area contributed by atoms with Crippen molar-refractivity contribution >= 4 is 39.0 Å². The van der Waals surface area contributed by atoms with E-state index in [0.29, 0.717) is 17.0 Å². The van der Waals surface area contributed by atoms with E-state index in [4.69, 9.17) is 5.11 Å². The molecular formula is C17H13NO3S. The van der Waals surface area contributed by atoms with E-state index in [1.54, 1.807) is 18.2 Å². The Hall–Kier alpha value is -2.66. The van der Waals surface area contributed by atoms with Gasteiger partial charge in [0.05, 0.1) is 6.42 Å². The van der Waals surface area contributed by atoms with Crippen molar-refractivity contribution in [1.29, 1.82) is 0 Å². The van der Waals surface area contributed by atoms with Crippen LogP contribution in [0.4, 0.5) is 5.69 Å². The van der Waals surface area contributed by atoms with Gasteiger partial charge in [-0.1, -0.05) is 36.4 Å². The molecule has 22 heavy (non-hydrogen) atoms. The van der Waals surface area contributed by atoms with E-state index in [-0.39, 0.29) is 5.91 Å². The lowest BCUT2D eigenvalue weighted by Crippen LogP contribution is -2.14. The maximum atomic E-state index is 12.0. The molecule has 0 saturated heterocycles. The van der Waals surface area contributed by atoms with Gasteiger partial charge in [-0.15, -0.1) is 11.3 Å². The summed E-state index contributed by atoms with van der Waals surface area (Å²) in [5.41, 5.74) is 1.62. The Morgan fingerprint density at radius 2 is 1.82 bits per heavy atom. The first kappa shape index (κ1) is 14.3. The Morgan fingerprint density at radius 3 is 2.55 bits per heavy atom. The van der Waals surface area contributed by atoms with Crippen molar-refractivity contribution in [2.75, 3.05) is 5.32 Å². The molecule has 0 aliphatic carbocycles. The molecule has 0 fully saturated rings. The minimum Gasteiger partial charge on any atom is -0.477 e. The lowest BCUT2D eigenvalue weighted by molar-refractivity contribution is -0.115.